The van der Waals surface area contributed by atoms with Gasteiger partial charge in [-0.1, -0.05) is 0 Å². The molecule has 18 heavy (non-hydrogen) atoms. The van der Waals surface area contributed by atoms with Crippen LogP contribution in [-0.4, -0.2) is 39.8 Å². The highest BCUT2D eigenvalue weighted by Crippen LogP contribution is 2.23. The molecule has 0 atom stereocenters. The second kappa shape index (κ2) is 6.86. The summed E-state index contributed by atoms with van der Waals surface area (Å²) in [4.78, 5) is 13.7. The lowest BCUT2D eigenvalue weighted by Crippen LogP contribution is -2.25. The van der Waals surface area contributed by atoms with Crippen molar-refractivity contribution in [1.29, 1.82) is 0 Å². The van der Waals surface area contributed by atoms with Crippen molar-refractivity contribution in [3.63, 3.8) is 0 Å². The minimum absolute atomic E-state index is 0.0844. The van der Waals surface area contributed by atoms with E-state index in [1.807, 2.05) is 18.9 Å². The molecular formula is C13H21N3O2. The fourth-order valence-corrected chi connectivity index (χ4v) is 1.63. The number of ether oxygens (including phenoxy) is 1. The van der Waals surface area contributed by atoms with E-state index < -0.39 is 0 Å². The topological polar surface area (TPSA) is 67.6 Å². The molecule has 0 radical (unpaired) electrons. The molecule has 5 heteroatoms. The first kappa shape index (κ1) is 14.3. The number of carbonyl (C=O) groups is 1. The van der Waals surface area contributed by atoms with E-state index in [1.54, 1.807) is 25.3 Å². The first-order valence-corrected chi connectivity index (χ1v) is 5.98. The molecule has 0 fully saturated rings. The number of nitrogen functional groups attached to an aromatic ring is 1. The van der Waals surface area contributed by atoms with Gasteiger partial charge in [-0.2, -0.15) is 0 Å². The minimum atomic E-state index is -0.0844. The first-order chi connectivity index (χ1) is 8.60. The van der Waals surface area contributed by atoms with Crippen molar-refractivity contribution in [1.82, 2.24) is 5.32 Å². The fourth-order valence-electron chi connectivity index (χ4n) is 1.63. The summed E-state index contributed by atoms with van der Waals surface area (Å²) < 4.78 is 5.03. The van der Waals surface area contributed by atoms with Gasteiger partial charge in [-0.3, -0.25) is 4.79 Å². The van der Waals surface area contributed by atoms with Crippen LogP contribution in [0, 0.1) is 0 Å². The quantitative estimate of drug-likeness (QED) is 0.743. The number of hydrogen-bond donors (Lipinski definition) is 2. The molecule has 0 heterocycles. The maximum Gasteiger partial charge on any atom is 0.251 e. The van der Waals surface area contributed by atoms with Gasteiger partial charge in [0.05, 0.1) is 18.0 Å². The molecule has 1 amide bonds. The maximum absolute atomic E-state index is 11.7. The number of methoxy groups -OCH3 is 1. The molecule has 0 aromatic heterocycles. The van der Waals surface area contributed by atoms with Crippen molar-refractivity contribution in [2.75, 3.05) is 44.5 Å². The number of nitrogens with one attached hydrogen (secondary N) is 1. The van der Waals surface area contributed by atoms with Crippen LogP contribution in [0.1, 0.15) is 17.3 Å². The van der Waals surface area contributed by atoms with Gasteiger partial charge >= 0.3 is 0 Å². The zero-order valence-corrected chi connectivity index (χ0v) is 11.2. The van der Waals surface area contributed by atoms with Gasteiger partial charge in [0.2, 0.25) is 0 Å². The molecule has 0 aliphatic carbocycles. The second-order valence-electron chi connectivity index (χ2n) is 4.05. The lowest BCUT2D eigenvalue weighted by molar-refractivity contribution is 0.0956. The average Bonchev–Trinajstić information content (AvgIpc) is 2.36. The highest BCUT2D eigenvalue weighted by molar-refractivity contribution is 5.96. The van der Waals surface area contributed by atoms with Crippen molar-refractivity contribution in [2.24, 2.45) is 0 Å². The summed E-state index contributed by atoms with van der Waals surface area (Å²) in [5.41, 5.74) is 8.04. The summed E-state index contributed by atoms with van der Waals surface area (Å²) in [6, 6.07) is 5.28. The number of carbonyl (C=O) groups excluding carboxylic acids is 1. The molecule has 0 bridgehead atoms. The number of rotatable bonds is 6. The number of hydrogen-bond acceptors (Lipinski definition) is 4. The van der Waals surface area contributed by atoms with Crippen molar-refractivity contribution in [3.8, 4) is 0 Å². The Bertz CT molecular complexity index is 407. The van der Waals surface area contributed by atoms with Gasteiger partial charge in [0.15, 0.2) is 0 Å². The molecule has 1 rings (SSSR count). The Kier molecular flexibility index (Phi) is 5.45. The van der Waals surface area contributed by atoms with E-state index >= 15 is 0 Å². The smallest absolute Gasteiger partial charge is 0.251 e. The van der Waals surface area contributed by atoms with Crippen LogP contribution in [0.2, 0.25) is 0 Å². The third kappa shape index (κ3) is 3.63. The van der Waals surface area contributed by atoms with E-state index in [9.17, 15) is 4.79 Å². The Morgan fingerprint density at radius 1 is 1.50 bits per heavy atom. The van der Waals surface area contributed by atoms with Crippen molar-refractivity contribution < 1.29 is 9.53 Å². The molecule has 0 spiro atoms. The first-order valence-electron chi connectivity index (χ1n) is 5.98. The summed E-state index contributed by atoms with van der Waals surface area (Å²) in [5.74, 6) is -0.0844. The van der Waals surface area contributed by atoms with E-state index in [4.69, 9.17) is 10.5 Å². The number of anilines is 2. The Hall–Kier alpha value is -1.75. The third-order valence-corrected chi connectivity index (χ3v) is 2.67. The maximum atomic E-state index is 11.7. The normalized spacial score (nSPS) is 10.2. The SMILES string of the molecule is CCNC(=O)c1ccc(N)c(N(C)CCOC)c1. The fraction of sp³-hybridized carbons (Fsp3) is 0.462. The Balaban J connectivity index is 2.90. The zero-order chi connectivity index (χ0) is 13.5. The van der Waals surface area contributed by atoms with Crippen molar-refractivity contribution in [3.05, 3.63) is 23.8 Å². The van der Waals surface area contributed by atoms with E-state index in [2.05, 4.69) is 5.32 Å². The number of amides is 1. The summed E-state index contributed by atoms with van der Waals surface area (Å²) in [6.07, 6.45) is 0. The third-order valence-electron chi connectivity index (χ3n) is 2.67. The summed E-state index contributed by atoms with van der Waals surface area (Å²) in [6.45, 7) is 3.83. The highest BCUT2D eigenvalue weighted by atomic mass is 16.5. The summed E-state index contributed by atoms with van der Waals surface area (Å²) >= 11 is 0. The van der Waals surface area contributed by atoms with Gasteiger partial charge in [-0.15, -0.1) is 0 Å². The van der Waals surface area contributed by atoms with Crippen LogP contribution in [0.4, 0.5) is 11.4 Å². The highest BCUT2D eigenvalue weighted by Gasteiger charge is 2.10. The van der Waals surface area contributed by atoms with Gasteiger partial charge in [0.25, 0.3) is 5.91 Å². The lowest BCUT2D eigenvalue weighted by Gasteiger charge is -2.21. The molecule has 100 valence electrons. The second-order valence-corrected chi connectivity index (χ2v) is 4.05. The van der Waals surface area contributed by atoms with Gasteiger partial charge in [-0.25, -0.2) is 0 Å². The predicted molar refractivity (Wildman–Crippen MR) is 74.0 cm³/mol. The van der Waals surface area contributed by atoms with Crippen molar-refractivity contribution in [2.45, 2.75) is 6.92 Å². The van der Waals surface area contributed by atoms with Crippen molar-refractivity contribution >= 4 is 17.3 Å². The number of benzene rings is 1. The van der Waals surface area contributed by atoms with Crippen LogP contribution in [0.15, 0.2) is 18.2 Å². The Morgan fingerprint density at radius 2 is 2.22 bits per heavy atom. The monoisotopic (exact) mass is 251 g/mol. The van der Waals surface area contributed by atoms with E-state index in [0.29, 0.717) is 24.4 Å². The molecule has 0 saturated carbocycles. The van der Waals surface area contributed by atoms with Gasteiger partial charge in [-0.05, 0) is 25.1 Å². The lowest BCUT2D eigenvalue weighted by atomic mass is 10.1. The van der Waals surface area contributed by atoms with Crippen LogP contribution >= 0.6 is 0 Å². The van der Waals surface area contributed by atoms with E-state index in [0.717, 1.165) is 12.2 Å². The number of nitrogens with two attached hydrogens (primary N) is 1. The summed E-state index contributed by atoms with van der Waals surface area (Å²) in [7, 11) is 3.58. The predicted octanol–water partition coefficient (Wildman–Crippen LogP) is 1.10. The average molecular weight is 251 g/mol. The van der Waals surface area contributed by atoms with Gasteiger partial charge in [0, 0.05) is 32.8 Å². The molecule has 1 aromatic carbocycles. The van der Waals surface area contributed by atoms with E-state index in [-0.39, 0.29) is 5.91 Å². The number of likely N-dealkylation sites (N-methyl/N-ethyl adjacent to an activating group) is 1. The molecule has 3 N–H and O–H groups in total. The van der Waals surface area contributed by atoms with Gasteiger partial charge in [0.1, 0.15) is 0 Å². The molecular weight excluding hydrogens is 230 g/mol. The van der Waals surface area contributed by atoms with Crippen LogP contribution in [0.25, 0.3) is 0 Å². The molecule has 0 aliphatic heterocycles. The van der Waals surface area contributed by atoms with Crippen LogP contribution in [0.5, 0.6) is 0 Å². The largest absolute Gasteiger partial charge is 0.397 e. The van der Waals surface area contributed by atoms with Gasteiger partial charge < -0.3 is 20.7 Å². The standard InChI is InChI=1S/C13H21N3O2/c1-4-15-13(17)10-5-6-11(14)12(9-10)16(2)7-8-18-3/h5-6,9H,4,7-8,14H2,1-3H3,(H,15,17). The Labute approximate surface area is 108 Å². The number of nitrogens with zero attached hydrogens (tertiary/aromatic N) is 1. The minimum Gasteiger partial charge on any atom is -0.397 e. The van der Waals surface area contributed by atoms with Crippen LogP contribution in [0.3, 0.4) is 0 Å². The zero-order valence-electron chi connectivity index (χ0n) is 11.2. The van der Waals surface area contributed by atoms with Crippen LogP contribution in [-0.2, 0) is 4.74 Å². The summed E-state index contributed by atoms with van der Waals surface area (Å²) in [5, 5.41) is 2.77. The molecule has 0 aliphatic rings. The van der Waals surface area contributed by atoms with Crippen LogP contribution < -0.4 is 16.0 Å². The van der Waals surface area contributed by atoms with E-state index in [1.165, 1.54) is 0 Å². The molecule has 0 unspecified atom stereocenters. The molecule has 0 saturated heterocycles. The molecule has 5 nitrogen and oxygen atoms in total. The molecule has 1 aromatic rings. The Morgan fingerprint density at radius 3 is 2.83 bits per heavy atom.